The summed E-state index contributed by atoms with van der Waals surface area (Å²) in [5, 5.41) is 0.915. The van der Waals surface area contributed by atoms with Crippen molar-refractivity contribution >= 4 is 11.8 Å². The van der Waals surface area contributed by atoms with Crippen LogP contribution in [0.5, 0.6) is 0 Å². The topological polar surface area (TPSA) is 26.0 Å². The molecule has 54 valence electrons. The Morgan fingerprint density at radius 3 is 2.67 bits per heavy atom. The van der Waals surface area contributed by atoms with Crippen LogP contribution < -0.4 is 5.73 Å². The van der Waals surface area contributed by atoms with Gasteiger partial charge in [-0.2, -0.15) is 11.8 Å². The highest BCUT2D eigenvalue weighted by molar-refractivity contribution is 7.99. The average molecular weight is 145 g/mol. The standard InChI is InChI=1S/C7H15NS/c1-9-7-3-2-6(4-7)5-8/h6-7H,2-5,8H2,1H3/t6-,7+/m0/s1. The molecular weight excluding hydrogens is 130 g/mol. The van der Waals surface area contributed by atoms with Gasteiger partial charge >= 0.3 is 0 Å². The Kier molecular flexibility index (Phi) is 2.86. The van der Waals surface area contributed by atoms with E-state index in [1.54, 1.807) is 0 Å². The molecule has 2 heteroatoms. The third kappa shape index (κ3) is 1.87. The molecule has 0 heterocycles. The van der Waals surface area contributed by atoms with Crippen LogP contribution in [-0.4, -0.2) is 18.1 Å². The third-order valence-electron chi connectivity index (χ3n) is 2.16. The lowest BCUT2D eigenvalue weighted by Crippen LogP contribution is -2.10. The molecular formula is C7H15NS. The molecule has 2 atom stereocenters. The summed E-state index contributed by atoms with van der Waals surface area (Å²) < 4.78 is 0. The van der Waals surface area contributed by atoms with Crippen LogP contribution in [0, 0.1) is 5.92 Å². The van der Waals surface area contributed by atoms with E-state index in [1.165, 1.54) is 19.3 Å². The molecule has 1 saturated carbocycles. The smallest absolute Gasteiger partial charge is 0.00475 e. The summed E-state index contributed by atoms with van der Waals surface area (Å²) in [7, 11) is 0. The highest BCUT2D eigenvalue weighted by Gasteiger charge is 2.21. The normalized spacial score (nSPS) is 35.3. The van der Waals surface area contributed by atoms with Gasteiger partial charge in [0.15, 0.2) is 0 Å². The fourth-order valence-electron chi connectivity index (χ4n) is 1.46. The highest BCUT2D eigenvalue weighted by atomic mass is 32.2. The Hall–Kier alpha value is 0.310. The fraction of sp³-hybridized carbons (Fsp3) is 1.00. The van der Waals surface area contributed by atoms with Crippen molar-refractivity contribution < 1.29 is 0 Å². The Bertz CT molecular complexity index is 75.0. The van der Waals surface area contributed by atoms with Gasteiger partial charge in [-0.3, -0.25) is 0 Å². The number of hydrogen-bond donors (Lipinski definition) is 1. The van der Waals surface area contributed by atoms with E-state index in [0.717, 1.165) is 17.7 Å². The summed E-state index contributed by atoms with van der Waals surface area (Å²) in [6, 6.07) is 0. The maximum Gasteiger partial charge on any atom is 0.00475 e. The predicted octanol–water partition coefficient (Wildman–Crippen LogP) is 1.48. The van der Waals surface area contributed by atoms with Gasteiger partial charge in [0, 0.05) is 5.25 Å². The summed E-state index contributed by atoms with van der Waals surface area (Å²) in [6.45, 7) is 0.900. The van der Waals surface area contributed by atoms with Gasteiger partial charge in [-0.05, 0) is 38.0 Å². The SMILES string of the molecule is CS[C@@H]1CC[C@H](CN)C1. The van der Waals surface area contributed by atoms with Crippen molar-refractivity contribution in [2.24, 2.45) is 11.7 Å². The first-order valence-electron chi connectivity index (χ1n) is 3.59. The van der Waals surface area contributed by atoms with E-state index in [9.17, 15) is 0 Å². The lowest BCUT2D eigenvalue weighted by atomic mass is 10.1. The fourth-order valence-corrected chi connectivity index (χ4v) is 2.29. The summed E-state index contributed by atoms with van der Waals surface area (Å²) in [5.41, 5.74) is 5.54. The van der Waals surface area contributed by atoms with Crippen molar-refractivity contribution in [2.45, 2.75) is 24.5 Å². The second-order valence-corrected chi connectivity index (χ2v) is 3.91. The molecule has 9 heavy (non-hydrogen) atoms. The molecule has 1 rings (SSSR count). The monoisotopic (exact) mass is 145 g/mol. The van der Waals surface area contributed by atoms with Crippen LogP contribution in [0.15, 0.2) is 0 Å². The Morgan fingerprint density at radius 2 is 2.33 bits per heavy atom. The zero-order chi connectivity index (χ0) is 6.69. The maximum absolute atomic E-state index is 5.54. The van der Waals surface area contributed by atoms with Crippen LogP contribution in [-0.2, 0) is 0 Å². The molecule has 0 aromatic rings. The molecule has 0 saturated heterocycles. The van der Waals surface area contributed by atoms with Crippen LogP contribution >= 0.6 is 11.8 Å². The lowest BCUT2D eigenvalue weighted by molar-refractivity contribution is 0.563. The summed E-state index contributed by atoms with van der Waals surface area (Å²) in [4.78, 5) is 0. The number of rotatable bonds is 2. The minimum absolute atomic E-state index is 0.836. The molecule has 2 N–H and O–H groups in total. The van der Waals surface area contributed by atoms with Gasteiger partial charge in [-0.25, -0.2) is 0 Å². The van der Waals surface area contributed by atoms with Crippen molar-refractivity contribution in [1.29, 1.82) is 0 Å². The highest BCUT2D eigenvalue weighted by Crippen LogP contribution is 2.31. The average Bonchev–Trinajstić information content (AvgIpc) is 2.34. The quantitative estimate of drug-likeness (QED) is 0.637. The van der Waals surface area contributed by atoms with Crippen LogP contribution in [0.1, 0.15) is 19.3 Å². The van der Waals surface area contributed by atoms with Gasteiger partial charge in [0.25, 0.3) is 0 Å². The third-order valence-corrected chi connectivity index (χ3v) is 3.25. The van der Waals surface area contributed by atoms with Gasteiger partial charge in [-0.1, -0.05) is 0 Å². The summed E-state index contributed by atoms with van der Waals surface area (Å²) >= 11 is 2.00. The summed E-state index contributed by atoms with van der Waals surface area (Å²) in [5.74, 6) is 0.836. The van der Waals surface area contributed by atoms with Crippen LogP contribution in [0.2, 0.25) is 0 Å². The molecule has 0 unspecified atom stereocenters. The predicted molar refractivity (Wildman–Crippen MR) is 43.7 cm³/mol. The molecule has 1 nitrogen and oxygen atoms in total. The van der Waals surface area contributed by atoms with E-state index < -0.39 is 0 Å². The second-order valence-electron chi connectivity index (χ2n) is 2.77. The zero-order valence-corrected chi connectivity index (χ0v) is 6.79. The number of nitrogens with two attached hydrogens (primary N) is 1. The van der Waals surface area contributed by atoms with Gasteiger partial charge in [0.1, 0.15) is 0 Å². The first-order valence-corrected chi connectivity index (χ1v) is 4.88. The largest absolute Gasteiger partial charge is 0.330 e. The van der Waals surface area contributed by atoms with Crippen molar-refractivity contribution in [3.63, 3.8) is 0 Å². The zero-order valence-electron chi connectivity index (χ0n) is 5.97. The van der Waals surface area contributed by atoms with E-state index in [0.29, 0.717) is 0 Å². The van der Waals surface area contributed by atoms with Gasteiger partial charge in [0.2, 0.25) is 0 Å². The Balaban J connectivity index is 2.20. The van der Waals surface area contributed by atoms with Gasteiger partial charge in [0.05, 0.1) is 0 Å². The van der Waals surface area contributed by atoms with E-state index in [2.05, 4.69) is 6.26 Å². The molecule has 1 aliphatic carbocycles. The lowest BCUT2D eigenvalue weighted by Gasteiger charge is -2.04. The maximum atomic E-state index is 5.54. The number of thioether (sulfide) groups is 1. The van der Waals surface area contributed by atoms with Crippen LogP contribution in [0.25, 0.3) is 0 Å². The van der Waals surface area contributed by atoms with Crippen LogP contribution in [0.4, 0.5) is 0 Å². The first-order chi connectivity index (χ1) is 4.36. The van der Waals surface area contributed by atoms with Crippen molar-refractivity contribution in [1.82, 2.24) is 0 Å². The van der Waals surface area contributed by atoms with Crippen molar-refractivity contribution in [3.05, 3.63) is 0 Å². The molecule has 0 aromatic carbocycles. The molecule has 0 spiro atoms. The van der Waals surface area contributed by atoms with Crippen molar-refractivity contribution in [2.75, 3.05) is 12.8 Å². The van der Waals surface area contributed by atoms with E-state index in [1.807, 2.05) is 11.8 Å². The first kappa shape index (κ1) is 7.42. The molecule has 1 aliphatic rings. The summed E-state index contributed by atoms with van der Waals surface area (Å²) in [6.07, 6.45) is 6.31. The van der Waals surface area contributed by atoms with E-state index >= 15 is 0 Å². The molecule has 0 amide bonds. The second kappa shape index (κ2) is 3.47. The Labute approximate surface area is 61.4 Å². The molecule has 0 radical (unpaired) electrons. The molecule has 0 aromatic heterocycles. The van der Waals surface area contributed by atoms with Gasteiger partial charge in [-0.15, -0.1) is 0 Å². The molecule has 0 bridgehead atoms. The molecule has 0 aliphatic heterocycles. The number of hydrogen-bond acceptors (Lipinski definition) is 2. The van der Waals surface area contributed by atoms with Crippen LogP contribution in [0.3, 0.4) is 0 Å². The van der Waals surface area contributed by atoms with Gasteiger partial charge < -0.3 is 5.73 Å². The van der Waals surface area contributed by atoms with E-state index in [4.69, 9.17) is 5.73 Å². The minimum atomic E-state index is 0.836. The molecule has 1 fully saturated rings. The Morgan fingerprint density at radius 1 is 1.56 bits per heavy atom. The van der Waals surface area contributed by atoms with Crippen molar-refractivity contribution in [3.8, 4) is 0 Å². The van der Waals surface area contributed by atoms with E-state index in [-0.39, 0.29) is 0 Å². The minimum Gasteiger partial charge on any atom is -0.330 e.